The third-order valence-electron chi connectivity index (χ3n) is 5.65. The first kappa shape index (κ1) is 16.5. The normalized spacial score (nSPS) is 26.2. The van der Waals surface area contributed by atoms with Crippen molar-refractivity contribution in [1.82, 2.24) is 4.90 Å². The summed E-state index contributed by atoms with van der Waals surface area (Å²) in [5.41, 5.74) is 9.22. The Bertz CT molecular complexity index is 416. The second kappa shape index (κ2) is 7.42. The summed E-state index contributed by atoms with van der Waals surface area (Å²) in [7, 11) is 2.26. The quantitative estimate of drug-likeness (QED) is 0.858. The summed E-state index contributed by atoms with van der Waals surface area (Å²) in [6.45, 7) is 6.32. The van der Waals surface area contributed by atoms with Crippen molar-refractivity contribution in [3.63, 3.8) is 0 Å². The molecule has 0 saturated heterocycles. The fourth-order valence-corrected chi connectivity index (χ4v) is 3.69. The van der Waals surface area contributed by atoms with E-state index >= 15 is 0 Å². The second-order valence-electron chi connectivity index (χ2n) is 6.81. The van der Waals surface area contributed by atoms with Gasteiger partial charge in [-0.1, -0.05) is 44.5 Å². The molecule has 0 heterocycles. The van der Waals surface area contributed by atoms with Crippen LogP contribution in [0.3, 0.4) is 0 Å². The Morgan fingerprint density at radius 2 is 1.67 bits per heavy atom. The lowest BCUT2D eigenvalue weighted by atomic mass is 9.74. The molecule has 0 aromatic heterocycles. The molecule has 0 atom stereocenters. The minimum atomic E-state index is 0.217. The molecule has 0 radical (unpaired) electrons. The van der Waals surface area contributed by atoms with Crippen molar-refractivity contribution in [3.05, 3.63) is 35.4 Å². The third-order valence-corrected chi connectivity index (χ3v) is 5.65. The Morgan fingerprint density at radius 1 is 1.10 bits per heavy atom. The zero-order chi connectivity index (χ0) is 15.3. The molecule has 0 amide bonds. The minimum Gasteiger partial charge on any atom is -0.329 e. The molecule has 1 aromatic carbocycles. The molecule has 2 rings (SSSR count). The van der Waals surface area contributed by atoms with E-state index in [1.165, 1.54) is 43.2 Å². The predicted molar refractivity (Wildman–Crippen MR) is 91.3 cm³/mol. The van der Waals surface area contributed by atoms with Crippen LogP contribution in [0.15, 0.2) is 24.3 Å². The van der Waals surface area contributed by atoms with Crippen LogP contribution in [0, 0.1) is 5.92 Å². The van der Waals surface area contributed by atoms with Gasteiger partial charge in [0.25, 0.3) is 0 Å². The molecule has 118 valence electrons. The lowest BCUT2D eigenvalue weighted by molar-refractivity contribution is 0.0579. The Balaban J connectivity index is 2.01. The number of hydrogen-bond acceptors (Lipinski definition) is 2. The van der Waals surface area contributed by atoms with Gasteiger partial charge in [-0.05, 0) is 56.2 Å². The van der Waals surface area contributed by atoms with Gasteiger partial charge in [-0.2, -0.15) is 0 Å². The summed E-state index contributed by atoms with van der Waals surface area (Å²) < 4.78 is 0. The van der Waals surface area contributed by atoms with E-state index in [0.29, 0.717) is 0 Å². The van der Waals surface area contributed by atoms with Crippen molar-refractivity contribution in [2.75, 3.05) is 13.6 Å². The van der Waals surface area contributed by atoms with E-state index in [1.54, 1.807) is 0 Å². The Kier molecular flexibility index (Phi) is 5.83. The highest BCUT2D eigenvalue weighted by Crippen LogP contribution is 2.37. The van der Waals surface area contributed by atoms with Crippen molar-refractivity contribution in [2.24, 2.45) is 11.7 Å². The lowest BCUT2D eigenvalue weighted by Gasteiger charge is -2.46. The second-order valence-corrected chi connectivity index (χ2v) is 6.81. The molecule has 1 fully saturated rings. The van der Waals surface area contributed by atoms with Crippen LogP contribution in [-0.2, 0) is 13.0 Å². The van der Waals surface area contributed by atoms with Crippen molar-refractivity contribution < 1.29 is 0 Å². The highest BCUT2D eigenvalue weighted by Gasteiger charge is 2.36. The van der Waals surface area contributed by atoms with Gasteiger partial charge in [0, 0.05) is 18.6 Å². The molecule has 1 aromatic rings. The average Bonchev–Trinajstić information content (AvgIpc) is 2.55. The average molecular weight is 288 g/mol. The summed E-state index contributed by atoms with van der Waals surface area (Å²) in [4.78, 5) is 2.51. The molecule has 1 saturated carbocycles. The molecule has 1 aliphatic carbocycles. The maximum Gasteiger partial charge on any atom is 0.0332 e. The first-order chi connectivity index (χ1) is 10.1. The van der Waals surface area contributed by atoms with Crippen LogP contribution in [0.5, 0.6) is 0 Å². The number of rotatable bonds is 6. The first-order valence-electron chi connectivity index (χ1n) is 8.62. The van der Waals surface area contributed by atoms with Gasteiger partial charge in [-0.3, -0.25) is 4.90 Å². The van der Waals surface area contributed by atoms with E-state index in [-0.39, 0.29) is 5.54 Å². The van der Waals surface area contributed by atoms with E-state index in [4.69, 9.17) is 5.73 Å². The Morgan fingerprint density at radius 3 is 2.14 bits per heavy atom. The van der Waals surface area contributed by atoms with Crippen LogP contribution in [0.4, 0.5) is 0 Å². The van der Waals surface area contributed by atoms with Crippen LogP contribution >= 0.6 is 0 Å². The maximum absolute atomic E-state index is 6.18. The van der Waals surface area contributed by atoms with E-state index < -0.39 is 0 Å². The van der Waals surface area contributed by atoms with Gasteiger partial charge in [0.05, 0.1) is 0 Å². The SMILES string of the molecule is CCc1ccc(CN(C)C2(CN)CCC(CC)CC2)cc1. The summed E-state index contributed by atoms with van der Waals surface area (Å²) >= 11 is 0. The Hall–Kier alpha value is -0.860. The molecule has 2 N–H and O–H groups in total. The smallest absolute Gasteiger partial charge is 0.0332 e. The van der Waals surface area contributed by atoms with Crippen LogP contribution in [-0.4, -0.2) is 24.0 Å². The fraction of sp³-hybridized carbons (Fsp3) is 0.684. The van der Waals surface area contributed by atoms with Gasteiger partial charge in [-0.15, -0.1) is 0 Å². The molecule has 2 heteroatoms. The molecular weight excluding hydrogens is 256 g/mol. The van der Waals surface area contributed by atoms with Crippen molar-refractivity contribution in [2.45, 2.75) is 64.5 Å². The van der Waals surface area contributed by atoms with Crippen LogP contribution in [0.1, 0.15) is 57.1 Å². The predicted octanol–water partition coefficient (Wildman–Crippen LogP) is 3.98. The third kappa shape index (κ3) is 3.87. The summed E-state index contributed by atoms with van der Waals surface area (Å²) in [5, 5.41) is 0. The number of nitrogens with two attached hydrogens (primary N) is 1. The molecular formula is C19H32N2. The number of likely N-dealkylation sites (N-methyl/N-ethyl adjacent to an activating group) is 1. The molecule has 21 heavy (non-hydrogen) atoms. The summed E-state index contributed by atoms with van der Waals surface area (Å²) in [6, 6.07) is 9.06. The largest absolute Gasteiger partial charge is 0.329 e. The summed E-state index contributed by atoms with van der Waals surface area (Å²) in [5.74, 6) is 0.918. The molecule has 0 bridgehead atoms. The first-order valence-corrected chi connectivity index (χ1v) is 8.62. The minimum absolute atomic E-state index is 0.217. The van der Waals surface area contributed by atoms with Crippen LogP contribution < -0.4 is 5.73 Å². The van der Waals surface area contributed by atoms with Crippen molar-refractivity contribution in [3.8, 4) is 0 Å². The highest BCUT2D eigenvalue weighted by atomic mass is 15.2. The molecule has 0 unspecified atom stereocenters. The topological polar surface area (TPSA) is 29.3 Å². The van der Waals surface area contributed by atoms with E-state index in [9.17, 15) is 0 Å². The van der Waals surface area contributed by atoms with Gasteiger partial charge in [0.15, 0.2) is 0 Å². The fourth-order valence-electron chi connectivity index (χ4n) is 3.69. The lowest BCUT2D eigenvalue weighted by Crippen LogP contribution is -2.53. The van der Waals surface area contributed by atoms with Crippen molar-refractivity contribution in [1.29, 1.82) is 0 Å². The van der Waals surface area contributed by atoms with E-state index in [0.717, 1.165) is 25.4 Å². The Labute approximate surface area is 130 Å². The molecule has 2 nitrogen and oxygen atoms in total. The molecule has 0 aliphatic heterocycles. The molecule has 0 spiro atoms. The number of hydrogen-bond donors (Lipinski definition) is 1. The monoisotopic (exact) mass is 288 g/mol. The van der Waals surface area contributed by atoms with E-state index in [2.05, 4.69) is 50.1 Å². The maximum atomic E-state index is 6.18. The van der Waals surface area contributed by atoms with Gasteiger partial charge in [-0.25, -0.2) is 0 Å². The zero-order valence-electron chi connectivity index (χ0n) is 14.1. The van der Waals surface area contributed by atoms with Crippen molar-refractivity contribution >= 4 is 0 Å². The van der Waals surface area contributed by atoms with Gasteiger partial charge < -0.3 is 5.73 Å². The summed E-state index contributed by atoms with van der Waals surface area (Å²) in [6.07, 6.45) is 7.63. The van der Waals surface area contributed by atoms with Gasteiger partial charge >= 0.3 is 0 Å². The number of benzene rings is 1. The molecule has 1 aliphatic rings. The number of nitrogens with zero attached hydrogens (tertiary/aromatic N) is 1. The van der Waals surface area contributed by atoms with Gasteiger partial charge in [0.1, 0.15) is 0 Å². The van der Waals surface area contributed by atoms with Gasteiger partial charge in [0.2, 0.25) is 0 Å². The van der Waals surface area contributed by atoms with Crippen LogP contribution in [0.25, 0.3) is 0 Å². The number of aryl methyl sites for hydroxylation is 1. The zero-order valence-corrected chi connectivity index (χ0v) is 14.1. The van der Waals surface area contributed by atoms with Crippen LogP contribution in [0.2, 0.25) is 0 Å². The standard InChI is InChI=1S/C19H32N2/c1-4-16-6-8-18(9-7-16)14-21(3)19(15-20)12-10-17(5-2)11-13-19/h6-9,17H,4-5,10-15,20H2,1-3H3. The highest BCUT2D eigenvalue weighted by molar-refractivity contribution is 5.22. The van der Waals surface area contributed by atoms with E-state index in [1.807, 2.05) is 0 Å².